The summed E-state index contributed by atoms with van der Waals surface area (Å²) >= 11 is 0. The van der Waals surface area contributed by atoms with Gasteiger partial charge in [-0.1, -0.05) is 72.8 Å². The van der Waals surface area contributed by atoms with Crippen LogP contribution in [0.3, 0.4) is 0 Å². The summed E-state index contributed by atoms with van der Waals surface area (Å²) in [5.41, 5.74) is 4.51. The van der Waals surface area contributed by atoms with Crippen molar-refractivity contribution in [2.24, 2.45) is 0 Å². The Morgan fingerprint density at radius 2 is 1.61 bits per heavy atom. The highest BCUT2D eigenvalue weighted by Gasteiger charge is 2.33. The standard InChI is InChI=1S/C36H40N2O6/c1-23(30-14-13-27-7-5-6-8-31(27)19-30)38(4)21-33-20-34(28-11-9-26(22-39)10-12-28)44-36(43-33)29-15-17-32(18-16-29)37-35(41)24(2)42-25(3)40/h5-19,23-24,33-34,36,39H,20-22H2,1-4H3,(H,37,41). The number of anilines is 1. The summed E-state index contributed by atoms with van der Waals surface area (Å²) in [6.45, 7) is 5.69. The number of rotatable bonds is 10. The van der Waals surface area contributed by atoms with Crippen LogP contribution in [0, 0.1) is 0 Å². The van der Waals surface area contributed by atoms with Gasteiger partial charge in [-0.05, 0) is 66.6 Å². The molecule has 5 rings (SSSR count). The minimum Gasteiger partial charge on any atom is -0.453 e. The summed E-state index contributed by atoms with van der Waals surface area (Å²) in [5, 5.41) is 14.7. The number of hydrogen-bond donors (Lipinski definition) is 2. The third kappa shape index (κ3) is 7.70. The highest BCUT2D eigenvalue weighted by Crippen LogP contribution is 2.39. The molecule has 1 aliphatic rings. The van der Waals surface area contributed by atoms with Crippen molar-refractivity contribution < 1.29 is 28.9 Å². The van der Waals surface area contributed by atoms with E-state index in [-0.39, 0.29) is 24.9 Å². The quantitative estimate of drug-likeness (QED) is 0.203. The second-order valence-corrected chi connectivity index (χ2v) is 11.4. The zero-order valence-corrected chi connectivity index (χ0v) is 25.6. The molecule has 1 amide bonds. The fraction of sp³-hybridized carbons (Fsp3) is 0.333. The predicted molar refractivity (Wildman–Crippen MR) is 170 cm³/mol. The molecule has 0 aromatic heterocycles. The molecule has 0 aliphatic carbocycles. The lowest BCUT2D eigenvalue weighted by atomic mass is 9.98. The number of fused-ring (bicyclic) bond motifs is 1. The molecule has 8 heteroatoms. The van der Waals surface area contributed by atoms with Gasteiger partial charge in [0.05, 0.1) is 18.8 Å². The molecule has 1 heterocycles. The van der Waals surface area contributed by atoms with Crippen LogP contribution < -0.4 is 5.32 Å². The molecule has 1 saturated heterocycles. The van der Waals surface area contributed by atoms with Gasteiger partial charge in [-0.3, -0.25) is 14.5 Å². The minimum absolute atomic E-state index is 0.0137. The Morgan fingerprint density at radius 1 is 0.932 bits per heavy atom. The number of likely N-dealkylation sites (N-methyl/N-ethyl adjacent to an activating group) is 1. The molecule has 4 aromatic rings. The highest BCUT2D eigenvalue weighted by atomic mass is 16.7. The molecule has 2 N–H and O–H groups in total. The van der Waals surface area contributed by atoms with Crippen LogP contribution in [0.25, 0.3) is 10.8 Å². The maximum Gasteiger partial charge on any atom is 0.303 e. The van der Waals surface area contributed by atoms with Crippen molar-refractivity contribution in [2.75, 3.05) is 18.9 Å². The van der Waals surface area contributed by atoms with Crippen molar-refractivity contribution in [1.29, 1.82) is 0 Å². The van der Waals surface area contributed by atoms with Crippen LogP contribution in [0.4, 0.5) is 5.69 Å². The number of aliphatic hydroxyl groups is 1. The molecule has 0 spiro atoms. The maximum atomic E-state index is 12.4. The molecule has 0 radical (unpaired) electrons. The molecule has 44 heavy (non-hydrogen) atoms. The summed E-state index contributed by atoms with van der Waals surface area (Å²) in [4.78, 5) is 25.9. The molecule has 5 unspecified atom stereocenters. The summed E-state index contributed by atoms with van der Waals surface area (Å²) in [5.74, 6) is -0.921. The van der Waals surface area contributed by atoms with Gasteiger partial charge in [-0.2, -0.15) is 0 Å². The molecule has 5 atom stereocenters. The Bertz CT molecular complexity index is 1570. The first-order chi connectivity index (χ1) is 21.2. The van der Waals surface area contributed by atoms with Crippen molar-refractivity contribution in [1.82, 2.24) is 4.90 Å². The van der Waals surface area contributed by atoms with Crippen molar-refractivity contribution in [3.63, 3.8) is 0 Å². The lowest BCUT2D eigenvalue weighted by molar-refractivity contribution is -0.253. The smallest absolute Gasteiger partial charge is 0.303 e. The first kappa shape index (κ1) is 31.3. The Morgan fingerprint density at radius 3 is 2.30 bits per heavy atom. The topological polar surface area (TPSA) is 97.3 Å². The van der Waals surface area contributed by atoms with Crippen LogP contribution in [-0.2, 0) is 30.4 Å². The second kappa shape index (κ2) is 14.1. The van der Waals surface area contributed by atoms with Crippen molar-refractivity contribution in [2.45, 2.75) is 64.4 Å². The van der Waals surface area contributed by atoms with E-state index in [1.54, 1.807) is 12.1 Å². The molecular formula is C36H40N2O6. The van der Waals surface area contributed by atoms with Crippen LogP contribution in [-0.4, -0.2) is 47.7 Å². The zero-order valence-electron chi connectivity index (χ0n) is 25.6. The number of benzene rings is 4. The summed E-state index contributed by atoms with van der Waals surface area (Å²) in [6, 6.07) is 30.3. The molecule has 4 aromatic carbocycles. The monoisotopic (exact) mass is 596 g/mol. The van der Waals surface area contributed by atoms with E-state index < -0.39 is 24.3 Å². The van der Waals surface area contributed by atoms with Gasteiger partial charge < -0.3 is 24.6 Å². The fourth-order valence-corrected chi connectivity index (χ4v) is 5.50. The van der Waals surface area contributed by atoms with Gasteiger partial charge in [0.1, 0.15) is 0 Å². The lowest BCUT2D eigenvalue weighted by Crippen LogP contribution is -2.38. The van der Waals surface area contributed by atoms with Gasteiger partial charge in [0, 0.05) is 37.2 Å². The van der Waals surface area contributed by atoms with E-state index in [1.807, 2.05) is 36.4 Å². The maximum absolute atomic E-state index is 12.4. The molecule has 1 fully saturated rings. The van der Waals surface area contributed by atoms with Crippen molar-refractivity contribution in [3.8, 4) is 0 Å². The zero-order chi connectivity index (χ0) is 31.2. The number of carbonyl (C=O) groups excluding carboxylic acids is 2. The SMILES string of the molecule is CC(=O)OC(C)C(=O)Nc1ccc(C2OC(CN(C)C(C)c3ccc4ccccc4c3)CC(c3ccc(CO)cc3)O2)cc1. The molecule has 230 valence electrons. The fourth-order valence-electron chi connectivity index (χ4n) is 5.50. The molecule has 0 saturated carbocycles. The Balaban J connectivity index is 1.32. The van der Waals surface area contributed by atoms with Gasteiger partial charge in [0.25, 0.3) is 5.91 Å². The van der Waals surface area contributed by atoms with Gasteiger partial charge in [0.15, 0.2) is 12.4 Å². The number of hydrogen-bond acceptors (Lipinski definition) is 7. The molecular weight excluding hydrogens is 556 g/mol. The average Bonchev–Trinajstić information content (AvgIpc) is 3.04. The van der Waals surface area contributed by atoms with Crippen LogP contribution >= 0.6 is 0 Å². The molecule has 1 aliphatic heterocycles. The van der Waals surface area contributed by atoms with E-state index in [9.17, 15) is 14.7 Å². The first-order valence-corrected chi connectivity index (χ1v) is 15.0. The van der Waals surface area contributed by atoms with Crippen LogP contribution in [0.2, 0.25) is 0 Å². The lowest BCUT2D eigenvalue weighted by Gasteiger charge is -2.39. The van der Waals surface area contributed by atoms with Crippen LogP contribution in [0.15, 0.2) is 91.0 Å². The minimum atomic E-state index is -0.898. The third-order valence-electron chi connectivity index (χ3n) is 8.19. The Labute approximate surface area is 258 Å². The number of ether oxygens (including phenoxy) is 3. The van der Waals surface area contributed by atoms with E-state index in [0.717, 1.165) is 16.7 Å². The van der Waals surface area contributed by atoms with E-state index in [0.29, 0.717) is 18.7 Å². The van der Waals surface area contributed by atoms with Gasteiger partial charge >= 0.3 is 5.97 Å². The highest BCUT2D eigenvalue weighted by molar-refractivity contribution is 5.94. The molecule has 8 nitrogen and oxygen atoms in total. The van der Waals surface area contributed by atoms with Gasteiger partial charge in [0.2, 0.25) is 0 Å². The largest absolute Gasteiger partial charge is 0.453 e. The van der Waals surface area contributed by atoms with E-state index >= 15 is 0 Å². The summed E-state index contributed by atoms with van der Waals surface area (Å²) in [6.07, 6.45) is -1.17. The number of amides is 1. The molecule has 0 bridgehead atoms. The average molecular weight is 597 g/mol. The Kier molecular flexibility index (Phi) is 10.1. The van der Waals surface area contributed by atoms with Crippen LogP contribution in [0.5, 0.6) is 0 Å². The van der Waals surface area contributed by atoms with E-state index in [2.05, 4.69) is 66.7 Å². The third-order valence-corrected chi connectivity index (χ3v) is 8.19. The number of carbonyl (C=O) groups is 2. The van der Waals surface area contributed by atoms with E-state index in [1.165, 1.54) is 30.2 Å². The number of nitrogens with one attached hydrogen (secondary N) is 1. The van der Waals surface area contributed by atoms with Gasteiger partial charge in [-0.15, -0.1) is 0 Å². The van der Waals surface area contributed by atoms with Gasteiger partial charge in [-0.25, -0.2) is 0 Å². The van der Waals surface area contributed by atoms with Crippen molar-refractivity contribution >= 4 is 28.3 Å². The first-order valence-electron chi connectivity index (χ1n) is 15.0. The normalized spacial score (nSPS) is 19.8. The predicted octanol–water partition coefficient (Wildman–Crippen LogP) is 6.46. The number of aliphatic hydroxyl groups excluding tert-OH is 1. The summed E-state index contributed by atoms with van der Waals surface area (Å²) < 4.78 is 18.0. The number of nitrogens with zero attached hydrogens (tertiary/aromatic N) is 1. The van der Waals surface area contributed by atoms with Crippen molar-refractivity contribution in [3.05, 3.63) is 113 Å². The van der Waals surface area contributed by atoms with Crippen LogP contribution in [0.1, 0.15) is 67.9 Å². The summed E-state index contributed by atoms with van der Waals surface area (Å²) in [7, 11) is 2.12. The number of esters is 1. The Hall–Kier alpha value is -4.08. The van der Waals surface area contributed by atoms with E-state index in [4.69, 9.17) is 14.2 Å². The second-order valence-electron chi connectivity index (χ2n) is 11.4.